The van der Waals surface area contributed by atoms with Crippen molar-refractivity contribution >= 4 is 17.5 Å². The topological polar surface area (TPSA) is 84.7 Å². The van der Waals surface area contributed by atoms with Crippen molar-refractivity contribution in [2.75, 3.05) is 39.6 Å². The highest BCUT2D eigenvalue weighted by Gasteiger charge is 2.17. The average Bonchev–Trinajstić information content (AvgIpc) is 2.41. The van der Waals surface area contributed by atoms with Gasteiger partial charge in [-0.25, -0.2) is 0 Å². The molecular formula is C14H21N3O3. The van der Waals surface area contributed by atoms with Crippen LogP contribution in [0, 0.1) is 6.92 Å². The highest BCUT2D eigenvalue weighted by Crippen LogP contribution is 2.16. The van der Waals surface area contributed by atoms with Crippen molar-refractivity contribution in [1.82, 2.24) is 10.2 Å². The molecule has 0 radical (unpaired) electrons. The lowest BCUT2D eigenvalue weighted by molar-refractivity contribution is -0.121. The second-order valence-electron chi connectivity index (χ2n) is 4.52. The number of amides is 2. The van der Waals surface area contributed by atoms with E-state index in [1.54, 1.807) is 39.3 Å². The largest absolute Gasteiger partial charge is 0.398 e. The van der Waals surface area contributed by atoms with Crippen LogP contribution in [0.2, 0.25) is 0 Å². The van der Waals surface area contributed by atoms with Crippen LogP contribution in [0.5, 0.6) is 0 Å². The molecule has 110 valence electrons. The summed E-state index contributed by atoms with van der Waals surface area (Å²) in [6, 6.07) is 5.17. The molecule has 0 fully saturated rings. The van der Waals surface area contributed by atoms with Gasteiger partial charge in [-0.3, -0.25) is 9.59 Å². The molecule has 1 aromatic rings. The molecule has 3 N–H and O–H groups in total. The van der Waals surface area contributed by atoms with Crippen molar-refractivity contribution in [2.24, 2.45) is 0 Å². The lowest BCUT2D eigenvalue weighted by Crippen LogP contribution is -2.39. The van der Waals surface area contributed by atoms with Gasteiger partial charge in [0.25, 0.3) is 5.91 Å². The summed E-state index contributed by atoms with van der Waals surface area (Å²) in [5.74, 6) is -0.448. The molecule has 2 amide bonds. The number of rotatable bonds is 6. The van der Waals surface area contributed by atoms with Gasteiger partial charge in [0, 0.05) is 32.0 Å². The molecule has 0 unspecified atom stereocenters. The van der Waals surface area contributed by atoms with Gasteiger partial charge < -0.3 is 20.7 Å². The minimum atomic E-state index is -0.225. The van der Waals surface area contributed by atoms with Crippen LogP contribution in [-0.2, 0) is 9.53 Å². The summed E-state index contributed by atoms with van der Waals surface area (Å²) < 4.78 is 4.83. The Morgan fingerprint density at radius 1 is 1.40 bits per heavy atom. The zero-order valence-electron chi connectivity index (χ0n) is 12.1. The lowest BCUT2D eigenvalue weighted by Gasteiger charge is -2.18. The van der Waals surface area contributed by atoms with Crippen LogP contribution < -0.4 is 11.1 Å². The Morgan fingerprint density at radius 3 is 2.75 bits per heavy atom. The number of benzene rings is 1. The average molecular weight is 279 g/mol. The smallest absolute Gasteiger partial charge is 0.254 e. The van der Waals surface area contributed by atoms with Crippen molar-refractivity contribution in [3.05, 3.63) is 29.3 Å². The molecule has 20 heavy (non-hydrogen) atoms. The van der Waals surface area contributed by atoms with Crippen molar-refractivity contribution in [1.29, 1.82) is 0 Å². The third-order valence-electron chi connectivity index (χ3n) is 2.96. The van der Waals surface area contributed by atoms with E-state index in [0.717, 1.165) is 5.56 Å². The second kappa shape index (κ2) is 7.49. The van der Waals surface area contributed by atoms with Crippen LogP contribution in [0.1, 0.15) is 15.9 Å². The molecule has 0 saturated heterocycles. The van der Waals surface area contributed by atoms with E-state index in [9.17, 15) is 9.59 Å². The number of nitrogens with zero attached hydrogens (tertiary/aromatic N) is 1. The van der Waals surface area contributed by atoms with Gasteiger partial charge in [-0.05, 0) is 24.6 Å². The van der Waals surface area contributed by atoms with Gasteiger partial charge in [0.05, 0.1) is 13.2 Å². The SMILES string of the molecule is COCCNC(=O)CN(C)C(=O)c1cccc(N)c1C. The second-order valence-corrected chi connectivity index (χ2v) is 4.52. The molecule has 0 saturated carbocycles. The van der Waals surface area contributed by atoms with Gasteiger partial charge in [-0.1, -0.05) is 6.07 Å². The zero-order chi connectivity index (χ0) is 15.1. The molecular weight excluding hydrogens is 258 g/mol. The van der Waals surface area contributed by atoms with E-state index in [0.29, 0.717) is 24.4 Å². The fourth-order valence-corrected chi connectivity index (χ4v) is 1.73. The highest BCUT2D eigenvalue weighted by molar-refractivity contribution is 5.98. The number of nitrogen functional groups attached to an aromatic ring is 1. The maximum Gasteiger partial charge on any atom is 0.254 e. The van der Waals surface area contributed by atoms with E-state index in [4.69, 9.17) is 10.5 Å². The molecule has 6 nitrogen and oxygen atoms in total. The predicted octanol–water partition coefficient (Wildman–Crippen LogP) is 0.412. The van der Waals surface area contributed by atoms with Gasteiger partial charge in [0.2, 0.25) is 5.91 Å². The molecule has 0 spiro atoms. The van der Waals surface area contributed by atoms with E-state index >= 15 is 0 Å². The summed E-state index contributed by atoms with van der Waals surface area (Å²) >= 11 is 0. The first kappa shape index (κ1) is 16.0. The van der Waals surface area contributed by atoms with E-state index in [1.807, 2.05) is 0 Å². The zero-order valence-corrected chi connectivity index (χ0v) is 12.1. The first-order valence-corrected chi connectivity index (χ1v) is 6.33. The van der Waals surface area contributed by atoms with Crippen LogP contribution in [0.4, 0.5) is 5.69 Å². The Labute approximate surface area is 118 Å². The number of nitrogens with two attached hydrogens (primary N) is 1. The number of carbonyl (C=O) groups excluding carboxylic acids is 2. The van der Waals surface area contributed by atoms with Gasteiger partial charge in [-0.2, -0.15) is 0 Å². The molecule has 0 bridgehead atoms. The number of anilines is 1. The minimum absolute atomic E-state index is 0.00319. The lowest BCUT2D eigenvalue weighted by atomic mass is 10.1. The minimum Gasteiger partial charge on any atom is -0.398 e. The highest BCUT2D eigenvalue weighted by atomic mass is 16.5. The van der Waals surface area contributed by atoms with Crippen LogP contribution >= 0.6 is 0 Å². The van der Waals surface area contributed by atoms with Crippen LogP contribution in [0.3, 0.4) is 0 Å². The summed E-state index contributed by atoms with van der Waals surface area (Å²) in [5.41, 5.74) is 7.58. The van der Waals surface area contributed by atoms with Crippen molar-refractivity contribution in [2.45, 2.75) is 6.92 Å². The Hall–Kier alpha value is -2.08. The quantitative estimate of drug-likeness (QED) is 0.583. The molecule has 1 rings (SSSR count). The monoisotopic (exact) mass is 279 g/mol. The summed E-state index contributed by atoms with van der Waals surface area (Å²) in [5, 5.41) is 2.66. The summed E-state index contributed by atoms with van der Waals surface area (Å²) in [6.45, 7) is 2.65. The predicted molar refractivity (Wildman–Crippen MR) is 77.4 cm³/mol. The number of methoxy groups -OCH3 is 1. The van der Waals surface area contributed by atoms with Crippen molar-refractivity contribution in [3.8, 4) is 0 Å². The Morgan fingerprint density at radius 2 is 2.10 bits per heavy atom. The number of hydrogen-bond acceptors (Lipinski definition) is 4. The summed E-state index contributed by atoms with van der Waals surface area (Å²) in [6.07, 6.45) is 0. The van der Waals surface area contributed by atoms with Gasteiger partial charge >= 0.3 is 0 Å². The van der Waals surface area contributed by atoms with E-state index in [1.165, 1.54) is 4.90 Å². The van der Waals surface area contributed by atoms with Crippen LogP contribution in [0.25, 0.3) is 0 Å². The molecule has 6 heteroatoms. The van der Waals surface area contributed by atoms with E-state index < -0.39 is 0 Å². The maximum absolute atomic E-state index is 12.2. The normalized spacial score (nSPS) is 10.2. The number of likely N-dealkylation sites (N-methyl/N-ethyl adjacent to an activating group) is 1. The molecule has 0 heterocycles. The van der Waals surface area contributed by atoms with E-state index in [-0.39, 0.29) is 18.4 Å². The Bertz CT molecular complexity index is 489. The van der Waals surface area contributed by atoms with Gasteiger partial charge in [0.15, 0.2) is 0 Å². The summed E-state index contributed by atoms with van der Waals surface area (Å²) in [7, 11) is 3.14. The first-order valence-electron chi connectivity index (χ1n) is 6.33. The molecule has 0 aliphatic heterocycles. The van der Waals surface area contributed by atoms with Crippen molar-refractivity contribution in [3.63, 3.8) is 0 Å². The Balaban J connectivity index is 2.63. The fourth-order valence-electron chi connectivity index (χ4n) is 1.73. The van der Waals surface area contributed by atoms with Crippen molar-refractivity contribution < 1.29 is 14.3 Å². The Kier molecular flexibility index (Phi) is 5.99. The summed E-state index contributed by atoms with van der Waals surface area (Å²) in [4.78, 5) is 25.2. The first-order chi connectivity index (χ1) is 9.47. The number of nitrogens with one attached hydrogen (secondary N) is 1. The number of hydrogen-bond donors (Lipinski definition) is 2. The maximum atomic E-state index is 12.2. The number of carbonyl (C=O) groups is 2. The molecule has 0 aromatic heterocycles. The molecule has 1 aromatic carbocycles. The number of ether oxygens (including phenoxy) is 1. The fraction of sp³-hybridized carbons (Fsp3) is 0.429. The third kappa shape index (κ3) is 4.24. The molecule has 0 atom stereocenters. The third-order valence-corrected chi connectivity index (χ3v) is 2.96. The van der Waals surface area contributed by atoms with Crippen LogP contribution in [0.15, 0.2) is 18.2 Å². The van der Waals surface area contributed by atoms with Gasteiger partial charge in [0.1, 0.15) is 0 Å². The van der Waals surface area contributed by atoms with E-state index in [2.05, 4.69) is 5.32 Å². The van der Waals surface area contributed by atoms with Gasteiger partial charge in [-0.15, -0.1) is 0 Å². The van der Waals surface area contributed by atoms with Crippen LogP contribution in [-0.4, -0.2) is 50.6 Å². The molecule has 0 aliphatic carbocycles. The standard InChI is InChI=1S/C14H21N3O3/c1-10-11(5-4-6-12(10)15)14(19)17(2)9-13(18)16-7-8-20-3/h4-6H,7-9,15H2,1-3H3,(H,16,18). The molecule has 0 aliphatic rings.